The molecule has 12 aromatic rings. The zero-order valence-electron chi connectivity index (χ0n) is 81.8. The number of carbonyl (C=O) groups is 8. The van der Waals surface area contributed by atoms with Gasteiger partial charge in [-0.1, -0.05) is 171 Å². The number of nitrogens with zero attached hydrogens (tertiary/aromatic N) is 12. The van der Waals surface area contributed by atoms with E-state index in [2.05, 4.69) is 192 Å². The van der Waals surface area contributed by atoms with E-state index in [1.54, 1.807) is 19.6 Å². The molecule has 8 heterocycles. The third kappa shape index (κ3) is 21.3. The van der Waals surface area contributed by atoms with Crippen molar-refractivity contribution in [1.29, 1.82) is 0 Å². The fourth-order valence-corrected chi connectivity index (χ4v) is 23.8. The van der Waals surface area contributed by atoms with Crippen molar-refractivity contribution < 1.29 is 77.7 Å². The van der Waals surface area contributed by atoms with Crippen LogP contribution in [0.4, 0.5) is 19.2 Å². The number of carboxylic acid groups (broad SMARTS) is 4. The highest BCUT2D eigenvalue weighted by atomic mass is 16.6. The maximum absolute atomic E-state index is 12.3. The molecule has 4 aliphatic carbocycles. The van der Waals surface area contributed by atoms with Crippen LogP contribution in [-0.2, 0) is 116 Å². The number of imidazole rings is 4. The van der Waals surface area contributed by atoms with Crippen LogP contribution in [0.1, 0.15) is 268 Å². The summed E-state index contributed by atoms with van der Waals surface area (Å²) in [4.78, 5) is 124. The van der Waals surface area contributed by atoms with Crippen LogP contribution in [0, 0.1) is 23.7 Å². The van der Waals surface area contributed by atoms with Crippen molar-refractivity contribution in [2.24, 2.45) is 23.7 Å². The number of amides is 4. The lowest BCUT2D eigenvalue weighted by Gasteiger charge is -2.28. The number of carboxylic acids is 4. The van der Waals surface area contributed by atoms with Gasteiger partial charge in [-0.3, -0.25) is 19.2 Å². The van der Waals surface area contributed by atoms with E-state index in [-0.39, 0.29) is 95.9 Å². The molecule has 0 radical (unpaired) electrons. The highest BCUT2D eigenvalue weighted by molar-refractivity contribution is 5.87. The molecule has 736 valence electrons. The summed E-state index contributed by atoms with van der Waals surface area (Å²) in [6, 6.07) is 59.7. The standard InChI is InChI=1S/4C28H33N3O4/c4*1-18(15-19-7-4-3-5-8-19)31-24-12-11-20-13-14-30(28(34)35-2)17-23(20)25(24)29-26(31)21-9-6-10-22(16-21)27(32)33/h4*3-5,7-8,11-12,18,21-22H,6,9-10,13-17H2,1-2H3,(H,32,33)/t18-,21+,22?;18-,21+,22-;2*18-,21-,22+/m0110/s1. The maximum atomic E-state index is 12.3. The van der Waals surface area contributed by atoms with Crippen molar-refractivity contribution in [3.05, 3.63) is 260 Å². The van der Waals surface area contributed by atoms with E-state index in [4.69, 9.17) is 38.9 Å². The van der Waals surface area contributed by atoms with Gasteiger partial charge in [0.05, 0.1) is 122 Å². The first-order valence-corrected chi connectivity index (χ1v) is 50.3. The largest absolute Gasteiger partial charge is 0.481 e. The Morgan fingerprint density at radius 1 is 0.293 bits per heavy atom. The van der Waals surface area contributed by atoms with Gasteiger partial charge in [-0.05, 0) is 225 Å². The van der Waals surface area contributed by atoms with Crippen molar-refractivity contribution in [2.75, 3.05) is 54.6 Å². The Bertz CT molecular complexity index is 5720. The fraction of sp³-hybridized carbons (Fsp3) is 0.464. The third-order valence-electron chi connectivity index (χ3n) is 30.9. The molecule has 4 amide bonds. The summed E-state index contributed by atoms with van der Waals surface area (Å²) < 4.78 is 29.3. The molecule has 20 rings (SSSR count). The Kier molecular flexibility index (Phi) is 30.8. The lowest BCUT2D eigenvalue weighted by Crippen LogP contribution is -2.35. The summed E-state index contributed by atoms with van der Waals surface area (Å²) in [5.74, 6) is 0.224. The van der Waals surface area contributed by atoms with Gasteiger partial charge in [0.1, 0.15) is 23.3 Å². The zero-order chi connectivity index (χ0) is 98.1. The molecule has 0 spiro atoms. The number of aromatic nitrogens is 8. The molecular formula is C112H132N12O16. The summed E-state index contributed by atoms with van der Waals surface area (Å²) in [5, 5.41) is 38.8. The van der Waals surface area contributed by atoms with Crippen molar-refractivity contribution >= 4 is 92.4 Å². The van der Waals surface area contributed by atoms with Gasteiger partial charge in [0.25, 0.3) is 0 Å². The predicted octanol–water partition coefficient (Wildman–Crippen LogP) is 21.3. The minimum atomic E-state index is -0.708. The minimum Gasteiger partial charge on any atom is -0.481 e. The number of ether oxygens (including phenoxy) is 4. The molecule has 8 aromatic carbocycles. The number of carbonyl (C=O) groups excluding carboxylic acids is 4. The highest BCUT2D eigenvalue weighted by Crippen LogP contribution is 2.47. The summed E-state index contributed by atoms with van der Waals surface area (Å²) in [6.07, 6.45) is 18.0. The normalized spacial score (nSPS) is 20.9. The van der Waals surface area contributed by atoms with E-state index < -0.39 is 23.9 Å². The molecule has 4 N–H and O–H groups in total. The molecule has 4 saturated carbocycles. The number of benzene rings is 8. The Morgan fingerprint density at radius 3 is 0.679 bits per heavy atom. The molecule has 8 aliphatic rings. The third-order valence-corrected chi connectivity index (χ3v) is 30.9. The van der Waals surface area contributed by atoms with E-state index in [9.17, 15) is 58.8 Å². The van der Waals surface area contributed by atoms with Crippen molar-refractivity contribution in [3.8, 4) is 0 Å². The van der Waals surface area contributed by atoms with E-state index >= 15 is 0 Å². The molecule has 4 fully saturated rings. The van der Waals surface area contributed by atoms with Crippen molar-refractivity contribution in [3.63, 3.8) is 0 Å². The van der Waals surface area contributed by atoms with E-state index in [0.29, 0.717) is 78.0 Å². The molecule has 4 aliphatic heterocycles. The summed E-state index contributed by atoms with van der Waals surface area (Å²) in [7, 11) is 5.66. The van der Waals surface area contributed by atoms with E-state index in [0.717, 1.165) is 218 Å². The lowest BCUT2D eigenvalue weighted by atomic mass is 9.81. The monoisotopic (exact) mass is 1900 g/mol. The number of aliphatic carboxylic acids is 4. The first-order chi connectivity index (χ1) is 67.8. The summed E-state index contributed by atoms with van der Waals surface area (Å²) in [6.45, 7) is 13.3. The number of methoxy groups -OCH3 is 4. The average molecular weight is 1900 g/mol. The van der Waals surface area contributed by atoms with Gasteiger partial charge in [-0.15, -0.1) is 0 Å². The Morgan fingerprint density at radius 2 is 0.493 bits per heavy atom. The van der Waals surface area contributed by atoms with Gasteiger partial charge in [0.2, 0.25) is 0 Å². The van der Waals surface area contributed by atoms with Gasteiger partial charge in [0.15, 0.2) is 0 Å². The van der Waals surface area contributed by atoms with Crippen LogP contribution in [0.2, 0.25) is 0 Å². The number of hydrogen-bond acceptors (Lipinski definition) is 16. The molecule has 0 bridgehead atoms. The first-order valence-electron chi connectivity index (χ1n) is 50.3. The predicted molar refractivity (Wildman–Crippen MR) is 534 cm³/mol. The van der Waals surface area contributed by atoms with Gasteiger partial charge >= 0.3 is 48.3 Å². The first kappa shape index (κ1) is 98.2. The van der Waals surface area contributed by atoms with Crippen LogP contribution >= 0.6 is 0 Å². The maximum Gasteiger partial charge on any atom is 0.409 e. The van der Waals surface area contributed by atoms with Crippen LogP contribution < -0.4 is 0 Å². The van der Waals surface area contributed by atoms with Gasteiger partial charge in [0, 0.05) is 96.3 Å². The van der Waals surface area contributed by atoms with E-state index in [1.165, 1.54) is 72.9 Å². The Balaban J connectivity index is 0.000000129. The second kappa shape index (κ2) is 44.0. The molecular weight excluding hydrogens is 1770 g/mol. The lowest BCUT2D eigenvalue weighted by molar-refractivity contribution is -0.144. The Hall–Kier alpha value is -13.4. The molecule has 140 heavy (non-hydrogen) atoms. The SMILES string of the molecule is COC(=O)N1CCc2ccc3c(nc([C@@H]4CCCC(C(=O)O)C4)n3[C@@H](C)Cc3ccccc3)c2C1.COC(=O)N1CCc2ccc3c(nc([C@@H]4CCC[C@H](C(=O)O)C4)n3[C@H](C)Cc3ccccc3)c2C1.COC(=O)N1CCc2ccc3c(nc([C@H]4CCC[C@@H](C(=O)O)C4)n3[C@@H](C)Cc3ccccc3)c2C1.COC(=O)N1CCc2ccc3c(nc([C@H]4CCC[C@@H](C(=O)O)C4)n3[C@H](C)Cc3ccccc3)c2C1. The summed E-state index contributed by atoms with van der Waals surface area (Å²) in [5.41, 5.74) is 22.2. The highest BCUT2D eigenvalue weighted by Gasteiger charge is 2.41. The van der Waals surface area contributed by atoms with Crippen LogP contribution in [0.25, 0.3) is 44.1 Å². The molecule has 0 saturated heterocycles. The topological polar surface area (TPSA) is 339 Å². The fourth-order valence-electron chi connectivity index (χ4n) is 23.8. The quantitative estimate of drug-likeness (QED) is 0.0515. The molecule has 28 nitrogen and oxygen atoms in total. The summed E-state index contributed by atoms with van der Waals surface area (Å²) >= 11 is 0. The van der Waals surface area contributed by atoms with E-state index in [1.807, 2.05) is 24.3 Å². The second-order valence-corrected chi connectivity index (χ2v) is 40.0. The van der Waals surface area contributed by atoms with Gasteiger partial charge in [-0.2, -0.15) is 0 Å². The zero-order valence-corrected chi connectivity index (χ0v) is 81.8. The smallest absolute Gasteiger partial charge is 0.409 e. The van der Waals surface area contributed by atoms with Crippen LogP contribution in [0.5, 0.6) is 0 Å². The molecule has 4 aromatic heterocycles. The number of rotatable bonds is 20. The van der Waals surface area contributed by atoms with Crippen molar-refractivity contribution in [2.45, 2.75) is 256 Å². The number of hydrogen-bond donors (Lipinski definition) is 4. The average Bonchev–Trinajstić information content (AvgIpc) is 1.61. The van der Waals surface area contributed by atoms with Crippen molar-refractivity contribution in [1.82, 2.24) is 57.8 Å². The molecule has 28 heteroatoms. The van der Waals surface area contributed by atoms with Crippen LogP contribution in [0.3, 0.4) is 0 Å². The van der Waals surface area contributed by atoms with Gasteiger partial charge < -0.3 is 77.2 Å². The van der Waals surface area contributed by atoms with Crippen LogP contribution in [0.15, 0.2) is 170 Å². The van der Waals surface area contributed by atoms with Crippen LogP contribution in [-0.4, -0.2) is 181 Å². The van der Waals surface area contributed by atoms with Gasteiger partial charge in [-0.25, -0.2) is 39.1 Å². The molecule has 12 atom stereocenters. The molecule has 1 unspecified atom stereocenters. The Labute approximate surface area is 817 Å². The second-order valence-electron chi connectivity index (χ2n) is 40.0. The number of fused-ring (bicyclic) bond motifs is 12. The minimum absolute atomic E-state index is 0.103.